The van der Waals surface area contributed by atoms with Crippen LogP contribution in [0.3, 0.4) is 0 Å². The first kappa shape index (κ1) is 24.1. The molecule has 2 aliphatic heterocycles. The highest BCUT2D eigenvalue weighted by molar-refractivity contribution is 5.57. The molecule has 2 aromatic carbocycles. The van der Waals surface area contributed by atoms with Crippen LogP contribution in [-0.2, 0) is 19.4 Å². The molecule has 9 nitrogen and oxygen atoms in total. The number of anilines is 4. The van der Waals surface area contributed by atoms with Gasteiger partial charge in [0.1, 0.15) is 6.33 Å². The monoisotopic (exact) mass is 515 g/mol. The predicted molar refractivity (Wildman–Crippen MR) is 141 cm³/mol. The Hall–Kier alpha value is -4.25. The molecule has 0 bridgehead atoms. The minimum atomic E-state index is -0.852. The molecule has 194 valence electrons. The Kier molecular flexibility index (Phi) is 6.74. The SMILES string of the molecule is Fc1ccc(Cc2cnc(N3CCN(c4ncnc(Nc5ccc6c(c5)CNCC6)n4)CC3)nc2)cc1F. The minimum Gasteiger partial charge on any atom is -0.337 e. The molecular weight excluding hydrogens is 488 g/mol. The van der Waals surface area contributed by atoms with Crippen LogP contribution in [0.25, 0.3) is 0 Å². The van der Waals surface area contributed by atoms with Gasteiger partial charge in [-0.2, -0.15) is 4.98 Å². The van der Waals surface area contributed by atoms with Crippen LogP contribution in [-0.4, -0.2) is 57.6 Å². The number of hydrogen-bond donors (Lipinski definition) is 2. The van der Waals surface area contributed by atoms with Crippen LogP contribution in [0.5, 0.6) is 0 Å². The second-order valence-corrected chi connectivity index (χ2v) is 9.43. The van der Waals surface area contributed by atoms with E-state index >= 15 is 0 Å². The number of piperazine rings is 1. The van der Waals surface area contributed by atoms with Gasteiger partial charge in [0.15, 0.2) is 11.6 Å². The lowest BCUT2D eigenvalue weighted by atomic mass is 10.0. The van der Waals surface area contributed by atoms with E-state index in [0.29, 0.717) is 42.9 Å². The predicted octanol–water partition coefficient (Wildman–Crippen LogP) is 3.25. The third-order valence-corrected chi connectivity index (χ3v) is 6.84. The Balaban J connectivity index is 1.06. The maximum absolute atomic E-state index is 13.5. The van der Waals surface area contributed by atoms with Crippen LogP contribution < -0.4 is 20.4 Å². The molecule has 38 heavy (non-hydrogen) atoms. The van der Waals surface area contributed by atoms with Crippen molar-refractivity contribution < 1.29 is 8.78 Å². The van der Waals surface area contributed by atoms with E-state index < -0.39 is 11.6 Å². The standard InChI is InChI=1S/C27H27F2N9/c28-23-4-1-18(12-24(23)29)11-19-14-31-26(32-15-19)37-7-9-38(10-8-37)27-34-17-33-25(36-27)35-22-3-2-20-5-6-30-16-21(20)13-22/h1-4,12-15,17,30H,5-11,16H2,(H,33,34,35,36). The van der Waals surface area contributed by atoms with Crippen LogP contribution >= 0.6 is 0 Å². The second-order valence-electron chi connectivity index (χ2n) is 9.43. The third-order valence-electron chi connectivity index (χ3n) is 6.84. The molecule has 0 spiro atoms. The van der Waals surface area contributed by atoms with E-state index in [1.54, 1.807) is 18.5 Å². The van der Waals surface area contributed by atoms with Gasteiger partial charge in [0.25, 0.3) is 0 Å². The molecule has 4 heterocycles. The second kappa shape index (κ2) is 10.6. The van der Waals surface area contributed by atoms with Crippen LogP contribution in [0.15, 0.2) is 55.1 Å². The molecule has 1 saturated heterocycles. The molecule has 0 radical (unpaired) electrons. The maximum Gasteiger partial charge on any atom is 0.231 e. The molecule has 4 aromatic rings. The van der Waals surface area contributed by atoms with Crippen molar-refractivity contribution in [3.05, 3.63) is 89.0 Å². The van der Waals surface area contributed by atoms with E-state index in [-0.39, 0.29) is 0 Å². The van der Waals surface area contributed by atoms with Crippen LogP contribution in [0, 0.1) is 11.6 Å². The lowest BCUT2D eigenvalue weighted by molar-refractivity contribution is 0.507. The van der Waals surface area contributed by atoms with Gasteiger partial charge in [-0.3, -0.25) is 0 Å². The zero-order valence-corrected chi connectivity index (χ0v) is 20.7. The molecule has 0 amide bonds. The minimum absolute atomic E-state index is 0.434. The van der Waals surface area contributed by atoms with Crippen molar-refractivity contribution in [2.24, 2.45) is 0 Å². The van der Waals surface area contributed by atoms with Gasteiger partial charge in [-0.25, -0.2) is 28.7 Å². The fraction of sp³-hybridized carbons (Fsp3) is 0.296. The summed E-state index contributed by atoms with van der Waals surface area (Å²) < 4.78 is 26.7. The number of benzene rings is 2. The van der Waals surface area contributed by atoms with Gasteiger partial charge in [-0.05, 0) is 59.5 Å². The summed E-state index contributed by atoms with van der Waals surface area (Å²) in [4.78, 5) is 26.6. The van der Waals surface area contributed by atoms with Crippen LogP contribution in [0.1, 0.15) is 22.3 Å². The first-order chi connectivity index (χ1) is 18.6. The molecule has 6 rings (SSSR count). The van der Waals surface area contributed by atoms with E-state index in [4.69, 9.17) is 0 Å². The largest absolute Gasteiger partial charge is 0.337 e. The van der Waals surface area contributed by atoms with Gasteiger partial charge < -0.3 is 20.4 Å². The lowest BCUT2D eigenvalue weighted by Crippen LogP contribution is -2.47. The highest BCUT2D eigenvalue weighted by Crippen LogP contribution is 2.22. The van der Waals surface area contributed by atoms with Crippen molar-refractivity contribution >= 4 is 23.5 Å². The van der Waals surface area contributed by atoms with Crippen molar-refractivity contribution in [1.29, 1.82) is 0 Å². The molecule has 11 heteroatoms. The Morgan fingerprint density at radius 3 is 2.37 bits per heavy atom. The average Bonchev–Trinajstić information content (AvgIpc) is 2.96. The zero-order chi connectivity index (χ0) is 25.9. The fourth-order valence-electron chi connectivity index (χ4n) is 4.78. The van der Waals surface area contributed by atoms with E-state index in [1.807, 2.05) is 0 Å². The first-order valence-corrected chi connectivity index (χ1v) is 12.6. The third kappa shape index (κ3) is 5.37. The van der Waals surface area contributed by atoms with Gasteiger partial charge in [0, 0.05) is 57.2 Å². The number of nitrogens with zero attached hydrogens (tertiary/aromatic N) is 7. The van der Waals surface area contributed by atoms with Crippen molar-refractivity contribution in [2.75, 3.05) is 47.8 Å². The van der Waals surface area contributed by atoms with E-state index in [1.165, 1.54) is 23.5 Å². The van der Waals surface area contributed by atoms with Crippen LogP contribution in [0.4, 0.5) is 32.3 Å². The number of halogens is 2. The van der Waals surface area contributed by atoms with Gasteiger partial charge >= 0.3 is 0 Å². The van der Waals surface area contributed by atoms with Crippen molar-refractivity contribution in [1.82, 2.24) is 30.2 Å². The first-order valence-electron chi connectivity index (χ1n) is 12.6. The molecule has 0 atom stereocenters. The Bertz CT molecular complexity index is 1420. The summed E-state index contributed by atoms with van der Waals surface area (Å²) in [6.45, 7) is 4.75. The topological polar surface area (TPSA) is 95.0 Å². The van der Waals surface area contributed by atoms with Crippen molar-refractivity contribution in [3.8, 4) is 0 Å². The Morgan fingerprint density at radius 1 is 0.789 bits per heavy atom. The zero-order valence-electron chi connectivity index (χ0n) is 20.7. The molecule has 0 aliphatic carbocycles. The van der Waals surface area contributed by atoms with Crippen molar-refractivity contribution in [3.63, 3.8) is 0 Å². The van der Waals surface area contributed by atoms with Crippen LogP contribution in [0.2, 0.25) is 0 Å². The fourth-order valence-corrected chi connectivity index (χ4v) is 4.78. The normalized spacial score (nSPS) is 15.3. The molecule has 2 aromatic heterocycles. The van der Waals surface area contributed by atoms with Gasteiger partial charge in [-0.15, -0.1) is 0 Å². The summed E-state index contributed by atoms with van der Waals surface area (Å²) in [6.07, 6.45) is 6.48. The summed E-state index contributed by atoms with van der Waals surface area (Å²) >= 11 is 0. The van der Waals surface area contributed by atoms with Crippen molar-refractivity contribution in [2.45, 2.75) is 19.4 Å². The summed E-state index contributed by atoms with van der Waals surface area (Å²) in [7, 11) is 0. The number of hydrogen-bond acceptors (Lipinski definition) is 9. The summed E-state index contributed by atoms with van der Waals surface area (Å²) in [6, 6.07) is 10.3. The van der Waals surface area contributed by atoms with Gasteiger partial charge in [-0.1, -0.05) is 12.1 Å². The number of nitrogens with one attached hydrogen (secondary N) is 2. The number of aromatic nitrogens is 5. The summed E-state index contributed by atoms with van der Waals surface area (Å²) in [5.74, 6) is 0.0794. The Morgan fingerprint density at radius 2 is 1.58 bits per heavy atom. The lowest BCUT2D eigenvalue weighted by Gasteiger charge is -2.34. The highest BCUT2D eigenvalue weighted by Gasteiger charge is 2.21. The molecule has 0 saturated carbocycles. The molecule has 0 unspecified atom stereocenters. The molecule has 2 aliphatic rings. The maximum atomic E-state index is 13.5. The van der Waals surface area contributed by atoms with E-state index in [0.717, 1.165) is 49.9 Å². The smallest absolute Gasteiger partial charge is 0.231 e. The quantitative estimate of drug-likeness (QED) is 0.401. The highest BCUT2D eigenvalue weighted by atomic mass is 19.2. The Labute approximate surface area is 219 Å². The summed E-state index contributed by atoms with van der Waals surface area (Å²) in [5, 5.41) is 6.71. The molecule has 1 fully saturated rings. The van der Waals surface area contributed by atoms with E-state index in [2.05, 4.69) is 63.6 Å². The molecule has 2 N–H and O–H groups in total. The average molecular weight is 516 g/mol. The number of rotatable bonds is 6. The van der Waals surface area contributed by atoms with E-state index in [9.17, 15) is 8.78 Å². The summed E-state index contributed by atoms with van der Waals surface area (Å²) in [5.41, 5.74) is 5.14. The number of fused-ring (bicyclic) bond motifs is 1. The van der Waals surface area contributed by atoms with Gasteiger partial charge in [0.2, 0.25) is 17.8 Å². The van der Waals surface area contributed by atoms with Gasteiger partial charge in [0.05, 0.1) is 0 Å². The molecular formula is C27H27F2N9.